The number of amides is 1. The van der Waals surface area contributed by atoms with Crippen LogP contribution < -0.4 is 25.4 Å². The summed E-state index contributed by atoms with van der Waals surface area (Å²) in [5.41, 5.74) is 6.73. The Morgan fingerprint density at radius 1 is 1.26 bits per heavy atom. The molecule has 4 rings (SSSR count). The summed E-state index contributed by atoms with van der Waals surface area (Å²) in [5.74, 6) is -0.223. The van der Waals surface area contributed by atoms with Crippen molar-refractivity contribution >= 4 is 64.2 Å². The predicted molar refractivity (Wildman–Crippen MR) is 98.3 cm³/mol. The number of fused-ring (bicyclic) bond motifs is 1. The maximum atomic E-state index is 12.7. The predicted octanol–water partition coefficient (Wildman–Crippen LogP) is -0.589. The first-order chi connectivity index (χ1) is 11.2. The van der Waals surface area contributed by atoms with Crippen LogP contribution in [0.1, 0.15) is 17.7 Å². The number of carbonyl (C=O) groups is 1. The normalized spacial score (nSPS) is 18.6. The monoisotopic (exact) mass is 340 g/mol. The molecule has 0 unspecified atom stereocenters. The van der Waals surface area contributed by atoms with E-state index in [1.807, 2.05) is 20.0 Å². The van der Waals surface area contributed by atoms with Crippen LogP contribution in [0.3, 0.4) is 0 Å². The number of hydrazone groups is 1. The molecule has 114 valence electrons. The first kappa shape index (κ1) is 14.4. The molecule has 0 bridgehead atoms. The number of thiazole rings is 1. The zero-order valence-corrected chi connectivity index (χ0v) is 14.1. The lowest BCUT2D eigenvalue weighted by Crippen LogP contribution is -2.24. The van der Waals surface area contributed by atoms with Crippen LogP contribution in [0.4, 0.5) is 5.13 Å². The number of rotatable bonds is 2. The molecule has 0 spiro atoms. The smallest absolute Gasteiger partial charge is 0.284 e. The van der Waals surface area contributed by atoms with Gasteiger partial charge in [-0.3, -0.25) is 4.79 Å². The number of hydrogen-bond donors (Lipinski definition) is 1. The van der Waals surface area contributed by atoms with Crippen molar-refractivity contribution in [2.24, 2.45) is 10.8 Å². The van der Waals surface area contributed by atoms with Gasteiger partial charge in [-0.15, -0.1) is 11.3 Å². The average molecular weight is 340 g/mol. The second-order valence-electron chi connectivity index (χ2n) is 5.29. The summed E-state index contributed by atoms with van der Waals surface area (Å²) in [6.45, 7) is 0. The molecule has 0 saturated carbocycles. The van der Waals surface area contributed by atoms with Gasteiger partial charge in [0.15, 0.2) is 7.85 Å². The number of carbonyl (C=O) groups excluding carboxylic acids is 1. The Kier molecular flexibility index (Phi) is 3.43. The van der Waals surface area contributed by atoms with Crippen LogP contribution >= 0.6 is 22.7 Å². The molecule has 0 aromatic carbocycles. The molecule has 8 heteroatoms. The van der Waals surface area contributed by atoms with E-state index in [9.17, 15) is 4.79 Å². The average Bonchev–Trinajstić information content (AvgIpc) is 3.23. The molecule has 0 atom stereocenters. The van der Waals surface area contributed by atoms with Gasteiger partial charge in [-0.25, -0.2) is 4.98 Å². The van der Waals surface area contributed by atoms with E-state index < -0.39 is 0 Å². The van der Waals surface area contributed by atoms with Crippen molar-refractivity contribution < 1.29 is 4.79 Å². The maximum absolute atomic E-state index is 12.7. The maximum Gasteiger partial charge on any atom is 0.284 e. The fourth-order valence-electron chi connectivity index (χ4n) is 2.59. The van der Waals surface area contributed by atoms with E-state index in [0.29, 0.717) is 16.4 Å². The Labute approximate surface area is 141 Å². The van der Waals surface area contributed by atoms with Gasteiger partial charge in [-0.1, -0.05) is 29.6 Å². The second kappa shape index (κ2) is 5.47. The molecule has 0 saturated heterocycles. The van der Waals surface area contributed by atoms with E-state index in [0.717, 1.165) is 27.6 Å². The van der Waals surface area contributed by atoms with Crippen molar-refractivity contribution in [3.8, 4) is 0 Å². The minimum absolute atomic E-state index is 0.223. The zero-order chi connectivity index (χ0) is 16.0. The third-order valence-corrected chi connectivity index (χ3v) is 5.75. The third kappa shape index (κ3) is 2.34. The van der Waals surface area contributed by atoms with E-state index in [-0.39, 0.29) is 5.91 Å². The highest BCUT2D eigenvalue weighted by atomic mass is 32.1. The number of nitrogens with zero attached hydrogens (tertiary/aromatic N) is 3. The highest BCUT2D eigenvalue weighted by molar-refractivity contribution is 7.22. The van der Waals surface area contributed by atoms with Crippen LogP contribution in [-0.4, -0.2) is 24.4 Å². The molecule has 5 nitrogen and oxygen atoms in total. The molecule has 3 heterocycles. The molecule has 2 aromatic rings. The zero-order valence-electron chi connectivity index (χ0n) is 12.4. The van der Waals surface area contributed by atoms with Gasteiger partial charge in [0.25, 0.3) is 5.91 Å². The van der Waals surface area contributed by atoms with E-state index >= 15 is 0 Å². The lowest BCUT2D eigenvalue weighted by atomic mass is 10.1. The quantitative estimate of drug-likeness (QED) is 0.587. The van der Waals surface area contributed by atoms with E-state index in [4.69, 9.17) is 5.73 Å². The molecule has 1 aliphatic carbocycles. The van der Waals surface area contributed by atoms with Crippen LogP contribution in [0, 0.1) is 0 Å². The Morgan fingerprint density at radius 2 is 2.09 bits per heavy atom. The minimum Gasteiger partial charge on any atom is -0.404 e. The fraction of sp³-hybridized carbons (Fsp3) is 0.133. The van der Waals surface area contributed by atoms with Gasteiger partial charge in [0, 0.05) is 6.20 Å². The van der Waals surface area contributed by atoms with E-state index in [1.165, 1.54) is 27.3 Å². The van der Waals surface area contributed by atoms with Crippen molar-refractivity contribution in [3.63, 3.8) is 0 Å². The Balaban J connectivity index is 1.82. The van der Waals surface area contributed by atoms with Crippen molar-refractivity contribution in [2.75, 3.05) is 5.01 Å². The molecule has 0 radical (unpaired) electrons. The SMILES string of the molecule is Bc1ccc(C2=NN(c3nc4c(s3)=CCCC=4)C(=O)/C2=C/N)s1. The molecule has 2 N–H and O–H groups in total. The molecular weight excluding hydrogens is 327 g/mol. The van der Waals surface area contributed by atoms with E-state index in [2.05, 4.69) is 22.2 Å². The van der Waals surface area contributed by atoms with Crippen molar-refractivity contribution in [2.45, 2.75) is 12.8 Å². The summed E-state index contributed by atoms with van der Waals surface area (Å²) in [5, 5.41) is 7.41. The van der Waals surface area contributed by atoms with Crippen LogP contribution in [0.5, 0.6) is 0 Å². The van der Waals surface area contributed by atoms with Crippen molar-refractivity contribution in [1.29, 1.82) is 0 Å². The van der Waals surface area contributed by atoms with Crippen molar-refractivity contribution in [3.05, 3.63) is 38.7 Å². The number of thiophene rings is 1. The molecule has 1 aliphatic heterocycles. The third-order valence-electron chi connectivity index (χ3n) is 3.70. The van der Waals surface area contributed by atoms with Gasteiger partial charge in [0.05, 0.1) is 20.3 Å². The Bertz CT molecular complexity index is 952. The van der Waals surface area contributed by atoms with Gasteiger partial charge in [-0.2, -0.15) is 10.1 Å². The first-order valence-corrected chi connectivity index (χ1v) is 8.90. The highest BCUT2D eigenvalue weighted by Gasteiger charge is 2.34. The summed E-state index contributed by atoms with van der Waals surface area (Å²) in [6.07, 6.45) is 7.59. The summed E-state index contributed by atoms with van der Waals surface area (Å²) < 4.78 is 2.27. The lowest BCUT2D eigenvalue weighted by molar-refractivity contribution is -0.114. The Hall–Kier alpha value is -2.19. The molecule has 2 aliphatic rings. The fourth-order valence-corrected chi connectivity index (χ4v) is 4.44. The van der Waals surface area contributed by atoms with Crippen LogP contribution in [-0.2, 0) is 4.79 Å². The summed E-state index contributed by atoms with van der Waals surface area (Å²) in [4.78, 5) is 18.1. The standard InChI is InChI=1S/C15H13BN4OS2/c16-12-6-5-11(22-12)13-8(7-17)14(21)20(19-13)15-18-9-3-1-2-4-10(9)23-15/h3-7H,1-2,16-17H2/b8-7+. The molecule has 0 fully saturated rings. The van der Waals surface area contributed by atoms with Crippen LogP contribution in [0.25, 0.3) is 12.2 Å². The van der Waals surface area contributed by atoms with Gasteiger partial charge < -0.3 is 5.73 Å². The molecule has 2 aromatic heterocycles. The molecule has 23 heavy (non-hydrogen) atoms. The summed E-state index contributed by atoms with van der Waals surface area (Å²) >= 11 is 3.08. The number of nitrogens with two attached hydrogens (primary N) is 1. The lowest BCUT2D eigenvalue weighted by Gasteiger charge is -2.05. The highest BCUT2D eigenvalue weighted by Crippen LogP contribution is 2.26. The number of anilines is 1. The summed E-state index contributed by atoms with van der Waals surface area (Å²) in [6, 6.07) is 3.98. The van der Waals surface area contributed by atoms with E-state index in [1.54, 1.807) is 11.3 Å². The minimum atomic E-state index is -0.223. The molecule has 1 amide bonds. The van der Waals surface area contributed by atoms with Gasteiger partial charge in [0.1, 0.15) is 5.71 Å². The van der Waals surface area contributed by atoms with Crippen molar-refractivity contribution in [1.82, 2.24) is 4.98 Å². The van der Waals surface area contributed by atoms with Crippen LogP contribution in [0.2, 0.25) is 0 Å². The topological polar surface area (TPSA) is 71.6 Å². The summed E-state index contributed by atoms with van der Waals surface area (Å²) in [7, 11) is 2.02. The van der Waals surface area contributed by atoms with Gasteiger partial charge in [0.2, 0.25) is 5.13 Å². The number of aromatic nitrogens is 1. The number of hydrogen-bond acceptors (Lipinski definition) is 6. The largest absolute Gasteiger partial charge is 0.404 e. The second-order valence-corrected chi connectivity index (χ2v) is 7.58. The first-order valence-electron chi connectivity index (χ1n) is 7.27. The van der Waals surface area contributed by atoms with Gasteiger partial charge in [-0.05, 0) is 23.7 Å². The van der Waals surface area contributed by atoms with Gasteiger partial charge >= 0.3 is 0 Å². The Morgan fingerprint density at radius 3 is 2.78 bits per heavy atom. The molecular formula is C15H13BN4OS2. The van der Waals surface area contributed by atoms with Crippen LogP contribution in [0.15, 0.2) is 29.0 Å².